The van der Waals surface area contributed by atoms with Gasteiger partial charge in [0.1, 0.15) is 5.75 Å². The SMILES string of the molecule is CC(=O)O.Oc1ccc(C=C2CCCc3cccnc32)cc1. The molecule has 1 heterocycles. The fraction of sp³-hybridized carbons (Fsp3) is 0.222. The van der Waals surface area contributed by atoms with Crippen LogP contribution in [0.1, 0.15) is 36.6 Å². The van der Waals surface area contributed by atoms with E-state index in [2.05, 4.69) is 17.1 Å². The topological polar surface area (TPSA) is 70.4 Å². The van der Waals surface area contributed by atoms with Crippen LogP contribution in [0.4, 0.5) is 0 Å². The second-order valence-corrected chi connectivity index (χ2v) is 5.14. The fourth-order valence-electron chi connectivity index (χ4n) is 2.43. The van der Waals surface area contributed by atoms with E-state index in [9.17, 15) is 5.11 Å². The van der Waals surface area contributed by atoms with Crippen LogP contribution in [0.5, 0.6) is 5.75 Å². The summed E-state index contributed by atoms with van der Waals surface area (Å²) in [5.74, 6) is -0.528. The lowest BCUT2D eigenvalue weighted by Gasteiger charge is -2.17. The fourth-order valence-corrected chi connectivity index (χ4v) is 2.43. The van der Waals surface area contributed by atoms with Gasteiger partial charge in [0.25, 0.3) is 5.97 Å². The Kier molecular flexibility index (Phi) is 5.31. The number of hydrogen-bond acceptors (Lipinski definition) is 3. The molecule has 1 aliphatic rings. The predicted octanol–water partition coefficient (Wildman–Crippen LogP) is 3.76. The van der Waals surface area contributed by atoms with Crippen molar-refractivity contribution in [3.8, 4) is 5.75 Å². The number of allylic oxidation sites excluding steroid dienone is 1. The molecule has 0 spiro atoms. The number of aliphatic carboxylic acids is 1. The zero-order valence-electron chi connectivity index (χ0n) is 12.5. The highest BCUT2D eigenvalue weighted by atomic mass is 16.4. The van der Waals surface area contributed by atoms with E-state index in [1.54, 1.807) is 12.1 Å². The van der Waals surface area contributed by atoms with Gasteiger partial charge in [-0.15, -0.1) is 0 Å². The van der Waals surface area contributed by atoms with Crippen molar-refractivity contribution in [1.82, 2.24) is 4.98 Å². The molecule has 0 unspecified atom stereocenters. The van der Waals surface area contributed by atoms with Crippen LogP contribution in [-0.2, 0) is 11.2 Å². The lowest BCUT2D eigenvalue weighted by Crippen LogP contribution is -2.03. The molecule has 0 amide bonds. The highest BCUT2D eigenvalue weighted by molar-refractivity contribution is 5.82. The zero-order chi connectivity index (χ0) is 15.9. The molecule has 2 aromatic rings. The number of carboxylic acids is 1. The van der Waals surface area contributed by atoms with Gasteiger partial charge in [-0.25, -0.2) is 0 Å². The minimum absolute atomic E-state index is 0.305. The molecule has 4 nitrogen and oxygen atoms in total. The lowest BCUT2D eigenvalue weighted by molar-refractivity contribution is -0.134. The molecule has 114 valence electrons. The Morgan fingerprint density at radius 3 is 2.55 bits per heavy atom. The number of phenolic OH excluding ortho intramolecular Hbond substituents is 1. The average molecular weight is 297 g/mol. The minimum Gasteiger partial charge on any atom is -0.508 e. The van der Waals surface area contributed by atoms with Crippen molar-refractivity contribution in [2.45, 2.75) is 26.2 Å². The third-order valence-electron chi connectivity index (χ3n) is 3.32. The molecule has 0 fully saturated rings. The molecule has 22 heavy (non-hydrogen) atoms. The second kappa shape index (κ2) is 7.41. The summed E-state index contributed by atoms with van der Waals surface area (Å²) in [5.41, 5.74) is 4.88. The Balaban J connectivity index is 0.000000396. The Morgan fingerprint density at radius 2 is 1.86 bits per heavy atom. The summed E-state index contributed by atoms with van der Waals surface area (Å²) in [6.07, 6.45) is 7.41. The van der Waals surface area contributed by atoms with Crippen molar-refractivity contribution in [1.29, 1.82) is 0 Å². The van der Waals surface area contributed by atoms with Crippen LogP contribution >= 0.6 is 0 Å². The maximum atomic E-state index is 9.29. The van der Waals surface area contributed by atoms with Crippen LogP contribution in [-0.4, -0.2) is 21.2 Å². The van der Waals surface area contributed by atoms with Gasteiger partial charge in [-0.2, -0.15) is 0 Å². The standard InChI is InChI=1S/C16H15NO.C2H4O2/c18-15-8-6-12(7-9-15)11-14-4-1-3-13-5-2-10-17-16(13)14;1-2(3)4/h2,5-11,18H,1,3-4H2;1H3,(H,3,4). The number of pyridine rings is 1. The quantitative estimate of drug-likeness (QED) is 0.841. The van der Waals surface area contributed by atoms with E-state index < -0.39 is 5.97 Å². The van der Waals surface area contributed by atoms with Gasteiger partial charge in [0, 0.05) is 13.1 Å². The van der Waals surface area contributed by atoms with Gasteiger partial charge in [0.05, 0.1) is 5.69 Å². The molecule has 3 rings (SSSR count). The normalized spacial score (nSPS) is 14.7. The lowest BCUT2D eigenvalue weighted by atomic mass is 9.90. The number of phenols is 1. The van der Waals surface area contributed by atoms with Crippen molar-refractivity contribution >= 4 is 17.6 Å². The third-order valence-corrected chi connectivity index (χ3v) is 3.32. The van der Waals surface area contributed by atoms with Gasteiger partial charge in [0.2, 0.25) is 0 Å². The first-order valence-electron chi connectivity index (χ1n) is 7.19. The smallest absolute Gasteiger partial charge is 0.300 e. The number of benzene rings is 1. The summed E-state index contributed by atoms with van der Waals surface area (Å²) in [4.78, 5) is 13.5. The number of nitrogens with zero attached hydrogens (tertiary/aromatic N) is 1. The molecule has 0 radical (unpaired) electrons. The largest absolute Gasteiger partial charge is 0.508 e. The maximum absolute atomic E-state index is 9.29. The molecule has 4 heteroatoms. The van der Waals surface area contributed by atoms with Gasteiger partial charge in [-0.1, -0.05) is 18.2 Å². The minimum atomic E-state index is -0.833. The Labute approximate surface area is 129 Å². The predicted molar refractivity (Wildman–Crippen MR) is 86.5 cm³/mol. The van der Waals surface area contributed by atoms with Crippen LogP contribution in [0.25, 0.3) is 11.6 Å². The van der Waals surface area contributed by atoms with Gasteiger partial charge < -0.3 is 10.2 Å². The number of aromatic nitrogens is 1. The summed E-state index contributed by atoms with van der Waals surface area (Å²) in [5, 5.41) is 16.7. The van der Waals surface area contributed by atoms with E-state index in [0.717, 1.165) is 31.0 Å². The second-order valence-electron chi connectivity index (χ2n) is 5.14. The number of carbonyl (C=O) groups is 1. The van der Waals surface area contributed by atoms with Gasteiger partial charge in [-0.05, 0) is 60.2 Å². The molecule has 1 aliphatic carbocycles. The van der Waals surface area contributed by atoms with E-state index in [-0.39, 0.29) is 0 Å². The van der Waals surface area contributed by atoms with Gasteiger partial charge in [-0.3, -0.25) is 9.78 Å². The molecule has 0 bridgehead atoms. The van der Waals surface area contributed by atoms with Gasteiger partial charge >= 0.3 is 0 Å². The highest BCUT2D eigenvalue weighted by Crippen LogP contribution is 2.30. The third kappa shape index (κ3) is 4.45. The van der Waals surface area contributed by atoms with Crippen molar-refractivity contribution in [3.05, 3.63) is 59.4 Å². The Bertz CT molecular complexity index is 671. The van der Waals surface area contributed by atoms with Crippen molar-refractivity contribution < 1.29 is 15.0 Å². The van der Waals surface area contributed by atoms with Crippen LogP contribution < -0.4 is 0 Å². The molecule has 0 aliphatic heterocycles. The molecule has 0 atom stereocenters. The summed E-state index contributed by atoms with van der Waals surface area (Å²) in [6.45, 7) is 1.08. The molecule has 1 aromatic heterocycles. The average Bonchev–Trinajstić information content (AvgIpc) is 2.49. The van der Waals surface area contributed by atoms with Crippen molar-refractivity contribution in [3.63, 3.8) is 0 Å². The highest BCUT2D eigenvalue weighted by Gasteiger charge is 2.14. The first-order valence-corrected chi connectivity index (χ1v) is 7.19. The summed E-state index contributed by atoms with van der Waals surface area (Å²) in [7, 11) is 0. The number of rotatable bonds is 1. The van der Waals surface area contributed by atoms with Crippen LogP contribution in [0.3, 0.4) is 0 Å². The van der Waals surface area contributed by atoms with E-state index in [1.807, 2.05) is 24.4 Å². The molecule has 1 aromatic carbocycles. The summed E-state index contributed by atoms with van der Waals surface area (Å²) < 4.78 is 0. The molecule has 2 N–H and O–H groups in total. The summed E-state index contributed by atoms with van der Waals surface area (Å²) >= 11 is 0. The van der Waals surface area contributed by atoms with E-state index in [4.69, 9.17) is 9.90 Å². The monoisotopic (exact) mass is 297 g/mol. The maximum Gasteiger partial charge on any atom is 0.300 e. The zero-order valence-corrected chi connectivity index (χ0v) is 12.5. The van der Waals surface area contributed by atoms with E-state index >= 15 is 0 Å². The molecule has 0 saturated carbocycles. The number of aromatic hydroxyl groups is 1. The van der Waals surface area contributed by atoms with Crippen LogP contribution in [0, 0.1) is 0 Å². The molecular formula is C18H19NO3. The molecular weight excluding hydrogens is 278 g/mol. The Hall–Kier alpha value is -2.62. The van der Waals surface area contributed by atoms with E-state index in [0.29, 0.717) is 5.75 Å². The first kappa shape index (κ1) is 15.8. The van der Waals surface area contributed by atoms with Crippen LogP contribution in [0.2, 0.25) is 0 Å². The summed E-state index contributed by atoms with van der Waals surface area (Å²) in [6, 6.07) is 11.5. The van der Waals surface area contributed by atoms with Crippen LogP contribution in [0.15, 0.2) is 42.6 Å². The number of aryl methyl sites for hydroxylation is 1. The van der Waals surface area contributed by atoms with E-state index in [1.165, 1.54) is 17.6 Å². The Morgan fingerprint density at radius 1 is 1.18 bits per heavy atom. The van der Waals surface area contributed by atoms with Crippen molar-refractivity contribution in [2.24, 2.45) is 0 Å². The first-order chi connectivity index (χ1) is 10.6. The molecule has 0 saturated heterocycles. The number of fused-ring (bicyclic) bond motifs is 1. The van der Waals surface area contributed by atoms with Crippen molar-refractivity contribution in [2.75, 3.05) is 0 Å². The number of carboxylic acid groups (broad SMARTS) is 1. The number of hydrogen-bond donors (Lipinski definition) is 2. The van der Waals surface area contributed by atoms with Gasteiger partial charge in [0.15, 0.2) is 0 Å².